The third-order valence-corrected chi connectivity index (χ3v) is 17.1. The van der Waals surface area contributed by atoms with E-state index in [4.69, 9.17) is 22.1 Å². The van der Waals surface area contributed by atoms with E-state index in [0.29, 0.717) is 29.6 Å². The first-order valence-electron chi connectivity index (χ1n) is 31.0. The molecule has 3 aliphatic carbocycles. The molecule has 1 saturated heterocycles. The molecule has 11 rings (SSSR count). The van der Waals surface area contributed by atoms with E-state index in [-0.39, 0.29) is 16.7 Å². The third-order valence-electron chi connectivity index (χ3n) is 16.9. The summed E-state index contributed by atoms with van der Waals surface area (Å²) in [5.41, 5.74) is 11.8. The van der Waals surface area contributed by atoms with Crippen LogP contribution >= 0.6 is 11.6 Å². The smallest absolute Gasteiger partial charge is 0.232 e. The molecule has 0 unspecified atom stereocenters. The van der Waals surface area contributed by atoms with Gasteiger partial charge in [-0.2, -0.15) is 0 Å². The van der Waals surface area contributed by atoms with E-state index in [2.05, 4.69) is 164 Å². The third kappa shape index (κ3) is 22.2. The van der Waals surface area contributed by atoms with Gasteiger partial charge >= 0.3 is 0 Å². The van der Waals surface area contributed by atoms with Crippen molar-refractivity contribution in [2.24, 2.45) is 5.73 Å². The Morgan fingerprint density at radius 3 is 1.30 bits per heavy atom. The van der Waals surface area contributed by atoms with Gasteiger partial charge in [-0.25, -0.2) is 29.9 Å². The van der Waals surface area contributed by atoms with Gasteiger partial charge in [-0.05, 0) is 129 Å². The Bertz CT molecular complexity index is 2700. The summed E-state index contributed by atoms with van der Waals surface area (Å²) in [4.78, 5) is 42.3. The fourth-order valence-corrected chi connectivity index (χ4v) is 12.0. The van der Waals surface area contributed by atoms with Crippen molar-refractivity contribution in [2.45, 2.75) is 159 Å². The van der Waals surface area contributed by atoms with E-state index < -0.39 is 0 Å². The molecule has 3 saturated carbocycles. The number of rotatable bonds is 16. The normalized spacial score (nSPS) is 16.4. The minimum Gasteiger partial charge on any atom is -0.381 e. The van der Waals surface area contributed by atoms with Crippen molar-refractivity contribution in [3.05, 3.63) is 204 Å². The fraction of sp³-hybridized carbons (Fsp3) is 0.471. The molecule has 0 bridgehead atoms. The fourth-order valence-electron chi connectivity index (χ4n) is 11.9. The highest BCUT2D eigenvalue weighted by atomic mass is 35.5. The molecule has 1 aliphatic heterocycles. The number of nitrogens with zero attached hydrogens (tertiary/aromatic N) is 8. The van der Waals surface area contributed by atoms with E-state index in [0.717, 1.165) is 51.5 Å². The van der Waals surface area contributed by atoms with Crippen LogP contribution in [0.1, 0.15) is 159 Å². The van der Waals surface area contributed by atoms with Crippen molar-refractivity contribution >= 4 is 29.4 Å². The van der Waals surface area contributed by atoms with Crippen LogP contribution in [0.5, 0.6) is 0 Å². The predicted octanol–water partition coefficient (Wildman–Crippen LogP) is 15.3. The second kappa shape index (κ2) is 37.7. The highest BCUT2D eigenvalue weighted by Crippen LogP contribution is 2.42. The van der Waals surface area contributed by atoms with Gasteiger partial charge in [-0.1, -0.05) is 200 Å². The number of ether oxygens (including phenoxy) is 1. The number of anilines is 2. The van der Waals surface area contributed by atoms with Crippen molar-refractivity contribution < 1.29 is 9.53 Å². The lowest BCUT2D eigenvalue weighted by molar-refractivity contribution is -0.119. The van der Waals surface area contributed by atoms with E-state index in [1.165, 1.54) is 138 Å². The number of aromatic nitrogens is 6. The number of hydrogen-bond donors (Lipinski definition) is 2. The minimum atomic E-state index is -0.0406. The van der Waals surface area contributed by atoms with Crippen molar-refractivity contribution in [3.8, 4) is 0 Å². The standard InChI is InChI=1S/C26H29N3O.C17H21N3.C13H19N.C6H15N.C4H3ClN2.C4H8O/c30-24(16-15-22-11-4-1-5-12-22)29(25-27-19-10-20-28-25)21-26(17-8-3-9-18-26)23-13-6-2-7-14-23;1-3-8-15(9-4-1)17(10-5-2-6-11-17)14-20-16-18-12-7-13-19-16;14-11-13(9-5-2-6-10-13)12-7-3-1-4-8-12;1-4-7(5-2)6-3;5-4-6-2-1-3-7-4;1-2-4-5-3-1/h1-2,4-7,10-14,19-20H,3,8-9,15-18,21H2;1,3-4,7-9,12-13H,2,5-6,10-11,14H2,(H,18,19,20);1,3-4,7-8H,2,5-6,9-11,14H2;4-6H2,1-3H3;1-3H;1-4H2. The van der Waals surface area contributed by atoms with Gasteiger partial charge in [-0.15, -0.1) is 0 Å². The SMILES string of the molecule is C1CCOC1.CCN(CC)CC.Clc1ncccn1.NCC1(c2ccccc2)CCCCC1.O=C(CCc1ccccc1)N(CC1(c2ccccc2)CCCCC1)c1ncccn1.c1ccc(C2(CNc3ncccn3)CCCCC2)cc1. The number of amides is 1. The molecule has 4 fully saturated rings. The number of hydrogen-bond acceptors (Lipinski definition) is 11. The zero-order valence-electron chi connectivity index (χ0n) is 50.2. The zero-order chi connectivity index (χ0) is 58.5. The molecule has 12 nitrogen and oxygen atoms in total. The molecule has 13 heteroatoms. The predicted molar refractivity (Wildman–Crippen MR) is 343 cm³/mol. The first kappa shape index (κ1) is 65.7. The monoisotopic (exact) mass is 1140 g/mol. The maximum Gasteiger partial charge on any atom is 0.232 e. The maximum atomic E-state index is 13.4. The highest BCUT2D eigenvalue weighted by molar-refractivity contribution is 6.28. The van der Waals surface area contributed by atoms with Gasteiger partial charge in [0.15, 0.2) is 0 Å². The average Bonchev–Trinajstić information content (AvgIpc) is 4.31. The van der Waals surface area contributed by atoms with Crippen LogP contribution in [-0.4, -0.2) is 93.2 Å². The topological polar surface area (TPSA) is 148 Å². The molecular formula is C70H95ClN10O2. The molecule has 0 radical (unpaired) electrons. The molecule has 4 aromatic carbocycles. The molecule has 4 heterocycles. The molecule has 4 aliphatic rings. The van der Waals surface area contributed by atoms with E-state index >= 15 is 0 Å². The lowest BCUT2D eigenvalue weighted by atomic mass is 9.69. The first-order chi connectivity index (χ1) is 40.8. The largest absolute Gasteiger partial charge is 0.381 e. The summed E-state index contributed by atoms with van der Waals surface area (Å²) >= 11 is 5.32. The number of benzene rings is 4. The molecule has 0 atom stereocenters. The Labute approximate surface area is 502 Å². The summed E-state index contributed by atoms with van der Waals surface area (Å²) in [6.07, 6.45) is 32.8. The molecule has 3 aromatic heterocycles. The molecule has 444 valence electrons. The first-order valence-corrected chi connectivity index (χ1v) is 31.4. The Kier molecular flexibility index (Phi) is 29.8. The summed E-state index contributed by atoms with van der Waals surface area (Å²) in [5, 5.41) is 3.73. The number of aryl methyl sites for hydroxylation is 1. The minimum absolute atomic E-state index is 0.0406. The molecule has 83 heavy (non-hydrogen) atoms. The van der Waals surface area contributed by atoms with Gasteiger partial charge in [0.25, 0.3) is 0 Å². The second-order valence-electron chi connectivity index (χ2n) is 22.2. The second-order valence-corrected chi connectivity index (χ2v) is 22.6. The number of carbonyl (C=O) groups is 1. The van der Waals surface area contributed by atoms with Gasteiger partial charge in [-0.3, -0.25) is 9.69 Å². The molecule has 1 amide bonds. The number of nitrogens with one attached hydrogen (secondary N) is 1. The summed E-state index contributed by atoms with van der Waals surface area (Å²) < 4.78 is 4.94. The summed E-state index contributed by atoms with van der Waals surface area (Å²) in [6.45, 7) is 14.5. The Balaban J connectivity index is 0.000000179. The molecule has 0 spiro atoms. The Hall–Kier alpha value is -6.44. The quantitative estimate of drug-likeness (QED) is 0.0891. The molecule has 7 aromatic rings. The average molecular weight is 1140 g/mol. The summed E-state index contributed by atoms with van der Waals surface area (Å²) in [6, 6.07) is 47.9. The van der Waals surface area contributed by atoms with Crippen LogP contribution in [-0.2, 0) is 32.2 Å². The lowest BCUT2D eigenvalue weighted by Gasteiger charge is -2.41. The highest BCUT2D eigenvalue weighted by Gasteiger charge is 2.38. The molecule has 3 N–H and O–H groups in total. The van der Waals surface area contributed by atoms with Gasteiger partial charge in [0.2, 0.25) is 23.1 Å². The van der Waals surface area contributed by atoms with Crippen LogP contribution < -0.4 is 16.0 Å². The van der Waals surface area contributed by atoms with Gasteiger partial charge in [0.1, 0.15) is 0 Å². The van der Waals surface area contributed by atoms with Crippen LogP contribution in [0.15, 0.2) is 177 Å². The van der Waals surface area contributed by atoms with Gasteiger partial charge in [0.05, 0.1) is 0 Å². The van der Waals surface area contributed by atoms with Crippen molar-refractivity contribution in [1.29, 1.82) is 0 Å². The number of halogens is 1. The Morgan fingerprint density at radius 1 is 0.506 bits per heavy atom. The van der Waals surface area contributed by atoms with Crippen molar-refractivity contribution in [2.75, 3.05) is 62.7 Å². The zero-order valence-corrected chi connectivity index (χ0v) is 50.9. The van der Waals surface area contributed by atoms with E-state index in [9.17, 15) is 4.79 Å². The van der Waals surface area contributed by atoms with Gasteiger partial charge in [0, 0.05) is 92.7 Å². The van der Waals surface area contributed by atoms with Crippen LogP contribution in [0.4, 0.5) is 11.9 Å². The van der Waals surface area contributed by atoms with Crippen molar-refractivity contribution in [3.63, 3.8) is 0 Å². The maximum absolute atomic E-state index is 13.4. The van der Waals surface area contributed by atoms with E-state index in [1.807, 2.05) is 29.2 Å². The number of carbonyl (C=O) groups excluding carboxylic acids is 1. The van der Waals surface area contributed by atoms with E-state index in [1.54, 1.807) is 49.3 Å². The van der Waals surface area contributed by atoms with Gasteiger partial charge < -0.3 is 20.7 Å². The van der Waals surface area contributed by atoms with Crippen molar-refractivity contribution in [1.82, 2.24) is 34.8 Å². The van der Waals surface area contributed by atoms with Crippen LogP contribution in [0.3, 0.4) is 0 Å². The lowest BCUT2D eigenvalue weighted by Crippen LogP contribution is -2.46. The van der Waals surface area contributed by atoms with Crippen LogP contribution in [0, 0.1) is 0 Å². The Morgan fingerprint density at radius 2 is 0.904 bits per heavy atom. The summed E-state index contributed by atoms with van der Waals surface area (Å²) in [5.74, 6) is 1.33. The molecular weight excluding hydrogens is 1050 g/mol. The van der Waals surface area contributed by atoms with Crippen LogP contribution in [0.25, 0.3) is 0 Å². The summed E-state index contributed by atoms with van der Waals surface area (Å²) in [7, 11) is 0. The van der Waals surface area contributed by atoms with Crippen LogP contribution in [0.2, 0.25) is 5.28 Å². The number of nitrogens with two attached hydrogens (primary N) is 1.